The number of hydrogen-bond acceptors (Lipinski definition) is 4. The van der Waals surface area contributed by atoms with E-state index in [0.29, 0.717) is 12.3 Å². The number of rotatable bonds is 7. The van der Waals surface area contributed by atoms with Crippen LogP contribution < -0.4 is 15.5 Å². The molecule has 6 nitrogen and oxygen atoms in total. The van der Waals surface area contributed by atoms with Crippen LogP contribution in [0.15, 0.2) is 29.4 Å². The molecule has 0 unspecified atom stereocenters. The molecular weight excluding hydrogens is 366 g/mol. The Hall–Kier alpha value is -2.37. The number of amides is 2. The molecule has 0 aliphatic heterocycles. The first-order valence-corrected chi connectivity index (χ1v) is 10.7. The van der Waals surface area contributed by atoms with Gasteiger partial charge in [0.05, 0.1) is 18.9 Å². The number of hydrogen-bond donors (Lipinski definition) is 2. The molecule has 2 amide bonds. The van der Waals surface area contributed by atoms with Crippen molar-refractivity contribution in [3.8, 4) is 5.75 Å². The van der Waals surface area contributed by atoms with Crippen LogP contribution in [0.25, 0.3) is 0 Å². The first-order valence-electron chi connectivity index (χ1n) is 10.7. The van der Waals surface area contributed by atoms with E-state index in [2.05, 4.69) is 15.8 Å². The van der Waals surface area contributed by atoms with Crippen LogP contribution in [0.1, 0.15) is 57.4 Å². The zero-order valence-corrected chi connectivity index (χ0v) is 17.4. The number of nitrogens with one attached hydrogen (secondary N) is 2. The van der Waals surface area contributed by atoms with Crippen LogP contribution in [0.4, 0.5) is 0 Å². The molecule has 0 aromatic heterocycles. The van der Waals surface area contributed by atoms with E-state index >= 15 is 0 Å². The zero-order valence-electron chi connectivity index (χ0n) is 17.4. The Kier molecular flexibility index (Phi) is 5.61. The molecule has 5 rings (SSSR count). The number of benzene rings is 1. The Morgan fingerprint density at radius 2 is 1.66 bits per heavy atom. The van der Waals surface area contributed by atoms with Gasteiger partial charge in [-0.15, -0.1) is 0 Å². The van der Waals surface area contributed by atoms with Crippen molar-refractivity contribution >= 4 is 17.5 Å². The summed E-state index contributed by atoms with van der Waals surface area (Å²) in [6.45, 7) is 2.24. The highest BCUT2D eigenvalue weighted by Gasteiger charge is 2.54. The molecule has 0 atom stereocenters. The third-order valence-electron chi connectivity index (χ3n) is 6.93. The molecule has 2 N–H and O–H groups in total. The average molecular weight is 398 g/mol. The van der Waals surface area contributed by atoms with Crippen molar-refractivity contribution in [2.75, 3.05) is 7.11 Å². The molecule has 6 heteroatoms. The molecule has 0 saturated heterocycles. The maximum atomic E-state index is 12.9. The lowest BCUT2D eigenvalue weighted by Gasteiger charge is -2.55. The van der Waals surface area contributed by atoms with Gasteiger partial charge in [-0.05, 0) is 80.9 Å². The van der Waals surface area contributed by atoms with Gasteiger partial charge in [0, 0.05) is 12.3 Å². The molecule has 4 aliphatic rings. The summed E-state index contributed by atoms with van der Waals surface area (Å²) in [7, 11) is 1.63. The summed E-state index contributed by atoms with van der Waals surface area (Å²) in [6.07, 6.45) is 7.15. The minimum atomic E-state index is -0.213. The van der Waals surface area contributed by atoms with Crippen LogP contribution in [-0.4, -0.2) is 24.6 Å². The summed E-state index contributed by atoms with van der Waals surface area (Å²) < 4.78 is 5.13. The second-order valence-electron chi connectivity index (χ2n) is 9.29. The van der Waals surface area contributed by atoms with E-state index in [1.54, 1.807) is 14.0 Å². The summed E-state index contributed by atoms with van der Waals surface area (Å²) in [5.74, 6) is 2.92. The second-order valence-corrected chi connectivity index (χ2v) is 9.29. The quantitative estimate of drug-likeness (QED) is 0.547. The van der Waals surface area contributed by atoms with Gasteiger partial charge in [0.15, 0.2) is 0 Å². The highest BCUT2D eigenvalue weighted by molar-refractivity contribution is 6.00. The van der Waals surface area contributed by atoms with Crippen LogP contribution in [0.3, 0.4) is 0 Å². The maximum absolute atomic E-state index is 12.9. The fraction of sp³-hybridized carbons (Fsp3) is 0.609. The van der Waals surface area contributed by atoms with Gasteiger partial charge in [0.1, 0.15) is 5.75 Å². The van der Waals surface area contributed by atoms with Crippen molar-refractivity contribution in [2.45, 2.75) is 58.4 Å². The van der Waals surface area contributed by atoms with Crippen LogP contribution in [-0.2, 0) is 16.1 Å². The minimum Gasteiger partial charge on any atom is -0.497 e. The van der Waals surface area contributed by atoms with E-state index in [4.69, 9.17) is 4.74 Å². The van der Waals surface area contributed by atoms with Crippen molar-refractivity contribution in [3.05, 3.63) is 29.8 Å². The fourth-order valence-electron chi connectivity index (χ4n) is 5.93. The molecule has 1 aromatic rings. The highest BCUT2D eigenvalue weighted by atomic mass is 16.5. The molecule has 156 valence electrons. The Balaban J connectivity index is 1.25. The number of carbonyl (C=O) groups excluding carboxylic acids is 2. The van der Waals surface area contributed by atoms with Gasteiger partial charge < -0.3 is 10.1 Å². The van der Waals surface area contributed by atoms with Crippen molar-refractivity contribution < 1.29 is 14.3 Å². The molecule has 1 aromatic carbocycles. The van der Waals surface area contributed by atoms with E-state index in [-0.39, 0.29) is 23.7 Å². The Labute approximate surface area is 172 Å². The van der Waals surface area contributed by atoms with Crippen molar-refractivity contribution in [1.29, 1.82) is 0 Å². The zero-order chi connectivity index (χ0) is 20.4. The first kappa shape index (κ1) is 19.9. The van der Waals surface area contributed by atoms with Crippen LogP contribution in [0.2, 0.25) is 0 Å². The van der Waals surface area contributed by atoms with Gasteiger partial charge in [-0.1, -0.05) is 12.1 Å². The van der Waals surface area contributed by atoms with E-state index in [9.17, 15) is 9.59 Å². The third kappa shape index (κ3) is 4.46. The Morgan fingerprint density at radius 3 is 2.21 bits per heavy atom. The average Bonchev–Trinajstić information content (AvgIpc) is 2.70. The first-order chi connectivity index (χ1) is 14.0. The maximum Gasteiger partial charge on any atom is 0.246 e. The lowest BCUT2D eigenvalue weighted by molar-refractivity contribution is -0.146. The van der Waals surface area contributed by atoms with Gasteiger partial charge in [0.2, 0.25) is 11.8 Å². The molecule has 4 fully saturated rings. The van der Waals surface area contributed by atoms with Gasteiger partial charge in [-0.2, -0.15) is 5.10 Å². The van der Waals surface area contributed by atoms with E-state index in [0.717, 1.165) is 48.3 Å². The molecule has 0 radical (unpaired) electrons. The van der Waals surface area contributed by atoms with Gasteiger partial charge in [-0.3, -0.25) is 9.59 Å². The second kappa shape index (κ2) is 8.17. The van der Waals surface area contributed by atoms with Crippen LogP contribution in [0, 0.1) is 23.2 Å². The predicted molar refractivity (Wildman–Crippen MR) is 111 cm³/mol. The number of nitrogens with zero attached hydrogens (tertiary/aromatic N) is 1. The number of carbonyl (C=O) groups is 2. The predicted octanol–water partition coefficient (Wildman–Crippen LogP) is 3.41. The lowest BCUT2D eigenvalue weighted by atomic mass is 9.49. The highest BCUT2D eigenvalue weighted by Crippen LogP contribution is 2.60. The van der Waals surface area contributed by atoms with Crippen LogP contribution in [0.5, 0.6) is 5.75 Å². The van der Waals surface area contributed by atoms with Gasteiger partial charge in [-0.25, -0.2) is 5.43 Å². The largest absolute Gasteiger partial charge is 0.497 e. The smallest absolute Gasteiger partial charge is 0.246 e. The molecular formula is C23H31N3O3. The van der Waals surface area contributed by atoms with Crippen molar-refractivity contribution in [3.63, 3.8) is 0 Å². The van der Waals surface area contributed by atoms with Crippen LogP contribution >= 0.6 is 0 Å². The summed E-state index contributed by atoms with van der Waals surface area (Å²) in [5, 5.41) is 7.13. The Bertz CT molecular complexity index is 765. The van der Waals surface area contributed by atoms with E-state index in [1.807, 2.05) is 24.3 Å². The standard InChI is InChI=1S/C23H31N3O3/c1-15(7-21(27)24-14-16-3-5-20(29-2)6-4-16)25-26-22(28)23-11-17-8-18(12-23)10-19(9-17)13-23/h3-6,17-19H,7-14H2,1-2H3,(H,24,27)(H,26,28)/b25-15-. The SMILES string of the molecule is COc1ccc(CNC(=O)C/C(C)=N\NC(=O)C23CC4CC(CC(C4)C2)C3)cc1. The number of methoxy groups -OCH3 is 1. The Morgan fingerprint density at radius 1 is 1.07 bits per heavy atom. The third-order valence-corrected chi connectivity index (χ3v) is 6.93. The van der Waals surface area contributed by atoms with Crippen molar-refractivity contribution in [2.24, 2.45) is 28.3 Å². The summed E-state index contributed by atoms with van der Waals surface area (Å²) in [6, 6.07) is 7.58. The topological polar surface area (TPSA) is 79.8 Å². The van der Waals surface area contributed by atoms with Gasteiger partial charge in [0.25, 0.3) is 0 Å². The summed E-state index contributed by atoms with van der Waals surface area (Å²) in [5.41, 5.74) is 4.20. The lowest BCUT2D eigenvalue weighted by Crippen LogP contribution is -2.52. The summed E-state index contributed by atoms with van der Waals surface area (Å²) >= 11 is 0. The molecule has 0 heterocycles. The number of hydrazone groups is 1. The van der Waals surface area contributed by atoms with Crippen molar-refractivity contribution in [1.82, 2.24) is 10.7 Å². The minimum absolute atomic E-state index is 0.0644. The molecule has 4 aliphatic carbocycles. The number of ether oxygens (including phenoxy) is 1. The van der Waals surface area contributed by atoms with Gasteiger partial charge >= 0.3 is 0 Å². The van der Waals surface area contributed by atoms with E-state index in [1.165, 1.54) is 19.3 Å². The fourth-order valence-corrected chi connectivity index (χ4v) is 5.93. The molecule has 4 saturated carbocycles. The molecule has 4 bridgehead atoms. The normalized spacial score (nSPS) is 30.1. The molecule has 29 heavy (non-hydrogen) atoms. The van der Waals surface area contributed by atoms with E-state index < -0.39 is 0 Å². The monoisotopic (exact) mass is 397 g/mol. The molecule has 0 spiro atoms. The summed E-state index contributed by atoms with van der Waals surface area (Å²) in [4.78, 5) is 25.1.